The topological polar surface area (TPSA) is 59.1 Å². The Labute approximate surface area is 122 Å². The lowest BCUT2D eigenvalue weighted by atomic mass is 10.1. The molecule has 3 heterocycles. The Morgan fingerprint density at radius 3 is 3.05 bits per heavy atom. The van der Waals surface area contributed by atoms with Gasteiger partial charge in [-0.3, -0.25) is 0 Å². The lowest BCUT2D eigenvalue weighted by molar-refractivity contribution is 0.111. The number of thiophene rings is 1. The first kappa shape index (κ1) is 13.7. The Balaban J connectivity index is 1.99. The molecule has 0 unspecified atom stereocenters. The summed E-state index contributed by atoms with van der Waals surface area (Å²) in [5.74, 6) is 0.937. The van der Waals surface area contributed by atoms with E-state index in [2.05, 4.69) is 34.4 Å². The third kappa shape index (κ3) is 2.28. The van der Waals surface area contributed by atoms with Crippen molar-refractivity contribution < 1.29 is 4.74 Å². The molecule has 2 N–H and O–H groups in total. The van der Waals surface area contributed by atoms with Gasteiger partial charge in [-0.2, -0.15) is 0 Å². The summed E-state index contributed by atoms with van der Waals surface area (Å²) >= 11 is 1.74. The molecule has 1 fully saturated rings. The molecule has 1 aliphatic heterocycles. The first-order valence-corrected chi connectivity index (χ1v) is 7.79. The minimum atomic E-state index is 0.185. The molecule has 0 aliphatic carbocycles. The summed E-state index contributed by atoms with van der Waals surface area (Å²) in [6.07, 6.45) is 2.83. The zero-order chi connectivity index (χ0) is 14.1. The predicted octanol–water partition coefficient (Wildman–Crippen LogP) is 1.96. The largest absolute Gasteiger partial charge is 0.378 e. The maximum absolute atomic E-state index is 5.50. The minimum Gasteiger partial charge on any atom is -0.378 e. The molecule has 2 aromatic heterocycles. The first-order valence-electron chi connectivity index (χ1n) is 6.97. The molecule has 3 rings (SSSR count). The first-order chi connectivity index (χ1) is 9.74. The predicted molar refractivity (Wildman–Crippen MR) is 82.6 cm³/mol. The molecule has 0 spiro atoms. The van der Waals surface area contributed by atoms with Gasteiger partial charge in [-0.15, -0.1) is 11.3 Å². The van der Waals surface area contributed by atoms with Gasteiger partial charge in [-0.25, -0.2) is 9.97 Å². The fourth-order valence-corrected chi connectivity index (χ4v) is 3.94. The maximum Gasteiger partial charge on any atom is 0.138 e. The van der Waals surface area contributed by atoms with Gasteiger partial charge in [0.05, 0.1) is 17.5 Å². The van der Waals surface area contributed by atoms with E-state index in [9.17, 15) is 0 Å². The van der Waals surface area contributed by atoms with Gasteiger partial charge in [0.25, 0.3) is 0 Å². The molecule has 1 saturated heterocycles. The Kier molecular flexibility index (Phi) is 3.87. The molecule has 0 bridgehead atoms. The average Bonchev–Trinajstić information content (AvgIpc) is 3.02. The van der Waals surface area contributed by atoms with Gasteiger partial charge in [0.2, 0.25) is 0 Å². The van der Waals surface area contributed by atoms with E-state index in [1.54, 1.807) is 24.8 Å². The third-order valence-electron chi connectivity index (χ3n) is 3.93. The van der Waals surface area contributed by atoms with Crippen LogP contribution in [0.15, 0.2) is 6.33 Å². The highest BCUT2D eigenvalue weighted by atomic mass is 32.1. The smallest absolute Gasteiger partial charge is 0.138 e. The number of methoxy groups -OCH3 is 1. The molecule has 1 aliphatic rings. The molecule has 0 aromatic carbocycles. The number of aryl methyl sites for hydroxylation is 2. The summed E-state index contributed by atoms with van der Waals surface area (Å²) in [7, 11) is 1.76. The quantitative estimate of drug-likeness (QED) is 0.902. The van der Waals surface area contributed by atoms with E-state index < -0.39 is 0 Å². The maximum atomic E-state index is 5.50. The molecular weight excluding hydrogens is 272 g/mol. The van der Waals surface area contributed by atoms with Gasteiger partial charge in [0, 0.05) is 25.1 Å². The van der Waals surface area contributed by atoms with Gasteiger partial charge in [-0.1, -0.05) is 6.92 Å². The van der Waals surface area contributed by atoms with Crippen molar-refractivity contribution in [3.8, 4) is 0 Å². The van der Waals surface area contributed by atoms with E-state index in [0.717, 1.165) is 30.2 Å². The van der Waals surface area contributed by atoms with Gasteiger partial charge < -0.3 is 15.4 Å². The second-order valence-corrected chi connectivity index (χ2v) is 6.28. The normalized spacial score (nSPS) is 22.6. The van der Waals surface area contributed by atoms with Crippen molar-refractivity contribution in [1.29, 1.82) is 0 Å². The number of anilines is 1. The van der Waals surface area contributed by atoms with Crippen LogP contribution >= 0.6 is 11.3 Å². The van der Waals surface area contributed by atoms with Crippen LogP contribution in [0.2, 0.25) is 0 Å². The Morgan fingerprint density at radius 2 is 2.30 bits per heavy atom. The SMILES string of the molecule is CCc1c(C)sc2ncnc(N[C@H]3CNC[C@@H]3OC)c12. The molecule has 6 heteroatoms. The molecule has 0 amide bonds. The highest BCUT2D eigenvalue weighted by Crippen LogP contribution is 2.34. The van der Waals surface area contributed by atoms with Crippen molar-refractivity contribution >= 4 is 27.4 Å². The van der Waals surface area contributed by atoms with Crippen LogP contribution in [0.4, 0.5) is 5.82 Å². The minimum absolute atomic E-state index is 0.185. The summed E-state index contributed by atoms with van der Waals surface area (Å²) in [4.78, 5) is 11.3. The van der Waals surface area contributed by atoms with Gasteiger partial charge in [-0.05, 0) is 18.9 Å². The van der Waals surface area contributed by atoms with Gasteiger partial charge in [0.15, 0.2) is 0 Å². The molecule has 20 heavy (non-hydrogen) atoms. The second kappa shape index (κ2) is 5.63. The van der Waals surface area contributed by atoms with Crippen LogP contribution in [0.25, 0.3) is 10.2 Å². The van der Waals surface area contributed by atoms with Crippen LogP contribution in [0.1, 0.15) is 17.4 Å². The molecule has 0 radical (unpaired) electrons. The van der Waals surface area contributed by atoms with Crippen molar-refractivity contribution in [2.45, 2.75) is 32.4 Å². The van der Waals surface area contributed by atoms with Crippen LogP contribution in [0.3, 0.4) is 0 Å². The fraction of sp³-hybridized carbons (Fsp3) is 0.571. The number of nitrogens with zero attached hydrogens (tertiary/aromatic N) is 2. The number of fused-ring (bicyclic) bond motifs is 1. The number of aromatic nitrogens is 2. The molecular formula is C14H20N4OS. The van der Waals surface area contributed by atoms with E-state index >= 15 is 0 Å². The van der Waals surface area contributed by atoms with E-state index in [0.29, 0.717) is 0 Å². The highest BCUT2D eigenvalue weighted by molar-refractivity contribution is 7.18. The van der Waals surface area contributed by atoms with E-state index in [1.165, 1.54) is 15.8 Å². The van der Waals surface area contributed by atoms with E-state index in [1.807, 2.05) is 0 Å². The third-order valence-corrected chi connectivity index (χ3v) is 4.98. The summed E-state index contributed by atoms with van der Waals surface area (Å²) in [6.45, 7) is 6.12. The number of ether oxygens (including phenoxy) is 1. The monoisotopic (exact) mass is 292 g/mol. The van der Waals surface area contributed by atoms with Crippen LogP contribution in [-0.4, -0.2) is 42.3 Å². The summed E-state index contributed by atoms with van der Waals surface area (Å²) in [5.41, 5.74) is 1.35. The Morgan fingerprint density at radius 1 is 1.45 bits per heavy atom. The summed E-state index contributed by atoms with van der Waals surface area (Å²) < 4.78 is 5.50. The fourth-order valence-electron chi connectivity index (χ4n) is 2.86. The van der Waals surface area contributed by atoms with Crippen LogP contribution in [0, 0.1) is 6.92 Å². The van der Waals surface area contributed by atoms with Crippen LogP contribution in [0.5, 0.6) is 0 Å². The molecule has 0 saturated carbocycles. The molecule has 2 aromatic rings. The van der Waals surface area contributed by atoms with Crippen LogP contribution in [-0.2, 0) is 11.2 Å². The molecule has 108 valence electrons. The molecule has 5 nitrogen and oxygen atoms in total. The van der Waals surface area contributed by atoms with Crippen LogP contribution < -0.4 is 10.6 Å². The number of hydrogen-bond donors (Lipinski definition) is 2. The zero-order valence-corrected chi connectivity index (χ0v) is 12.9. The van der Waals surface area contributed by atoms with Crippen molar-refractivity contribution in [2.24, 2.45) is 0 Å². The van der Waals surface area contributed by atoms with Crippen molar-refractivity contribution in [3.05, 3.63) is 16.8 Å². The lowest BCUT2D eigenvalue weighted by Crippen LogP contribution is -2.33. The Hall–Kier alpha value is -1.24. The Bertz CT molecular complexity index is 612. The van der Waals surface area contributed by atoms with Crippen molar-refractivity contribution in [3.63, 3.8) is 0 Å². The zero-order valence-electron chi connectivity index (χ0n) is 12.1. The molecule has 2 atom stereocenters. The average molecular weight is 292 g/mol. The van der Waals surface area contributed by atoms with E-state index in [-0.39, 0.29) is 12.1 Å². The number of nitrogens with one attached hydrogen (secondary N) is 2. The van der Waals surface area contributed by atoms with Gasteiger partial charge >= 0.3 is 0 Å². The second-order valence-electron chi connectivity index (χ2n) is 5.08. The van der Waals surface area contributed by atoms with Crippen molar-refractivity contribution in [1.82, 2.24) is 15.3 Å². The lowest BCUT2D eigenvalue weighted by Gasteiger charge is -2.19. The summed E-state index contributed by atoms with van der Waals surface area (Å²) in [5, 5.41) is 8.07. The van der Waals surface area contributed by atoms with Crippen molar-refractivity contribution in [2.75, 3.05) is 25.5 Å². The number of rotatable bonds is 4. The number of hydrogen-bond acceptors (Lipinski definition) is 6. The van der Waals surface area contributed by atoms with E-state index in [4.69, 9.17) is 4.74 Å². The standard InChI is InChI=1S/C14H20N4OS/c1-4-9-8(2)20-14-12(9)13(16-7-17-14)18-10-5-15-6-11(10)19-3/h7,10-11,15H,4-6H2,1-3H3,(H,16,17,18)/t10-,11-/m0/s1. The van der Waals surface area contributed by atoms with Gasteiger partial charge in [0.1, 0.15) is 17.0 Å². The highest BCUT2D eigenvalue weighted by Gasteiger charge is 2.28. The summed E-state index contributed by atoms with van der Waals surface area (Å²) in [6, 6.07) is 0.253.